The van der Waals surface area contributed by atoms with Crippen LogP contribution < -0.4 is 15.0 Å². The fraction of sp³-hybridized carbons (Fsp3) is 0.286. The van der Waals surface area contributed by atoms with E-state index < -0.39 is 15.6 Å². The monoisotopic (exact) mass is 415 g/mol. The van der Waals surface area contributed by atoms with Gasteiger partial charge in [-0.25, -0.2) is 13.1 Å². The van der Waals surface area contributed by atoms with E-state index in [0.717, 1.165) is 5.56 Å². The third-order valence-corrected chi connectivity index (χ3v) is 6.27. The summed E-state index contributed by atoms with van der Waals surface area (Å²) in [5.41, 5.74) is 1.54. The molecule has 1 aromatic heterocycles. The molecule has 0 unspecified atom stereocenters. The van der Waals surface area contributed by atoms with Gasteiger partial charge in [0.2, 0.25) is 0 Å². The summed E-state index contributed by atoms with van der Waals surface area (Å²) in [4.78, 5) is 13.1. The fourth-order valence-corrected chi connectivity index (χ4v) is 4.36. The minimum Gasteiger partial charge on any atom is -0.496 e. The molecule has 1 heterocycles. The van der Waals surface area contributed by atoms with E-state index in [2.05, 4.69) is 4.72 Å². The Labute approximate surface area is 170 Å². The Morgan fingerprint density at radius 2 is 1.72 bits per heavy atom. The largest absolute Gasteiger partial charge is 0.496 e. The van der Waals surface area contributed by atoms with Crippen LogP contribution in [0.4, 0.5) is 5.69 Å². The van der Waals surface area contributed by atoms with Crippen LogP contribution in [0.1, 0.15) is 31.0 Å². The molecule has 8 heteroatoms. The second kappa shape index (κ2) is 7.79. The fourth-order valence-electron chi connectivity index (χ4n) is 3.21. The number of nitrogens with one attached hydrogen (secondary N) is 1. The van der Waals surface area contributed by atoms with Crippen LogP contribution in [0.2, 0.25) is 0 Å². The number of sulfonamides is 1. The second-order valence-electron chi connectivity index (χ2n) is 7.10. The summed E-state index contributed by atoms with van der Waals surface area (Å²) >= 11 is 0. The maximum absolute atomic E-state index is 13.0. The van der Waals surface area contributed by atoms with Crippen molar-refractivity contribution in [1.29, 1.82) is 0 Å². The highest BCUT2D eigenvalue weighted by molar-refractivity contribution is 7.92. The predicted molar refractivity (Wildman–Crippen MR) is 114 cm³/mol. The third kappa shape index (κ3) is 3.80. The van der Waals surface area contributed by atoms with Crippen LogP contribution in [0.5, 0.6) is 5.75 Å². The Kier molecular flexibility index (Phi) is 5.57. The van der Waals surface area contributed by atoms with Gasteiger partial charge in [-0.1, -0.05) is 32.0 Å². The van der Waals surface area contributed by atoms with Crippen molar-refractivity contribution in [2.75, 3.05) is 11.8 Å². The molecule has 0 aliphatic rings. The SMILES string of the molecule is COc1ccc(S(=O)(=O)Nc2c(C)n(C)n(-c3ccccc3)c2=O)cc1C(C)C. The molecule has 0 bridgehead atoms. The Bertz CT molecular complexity index is 1190. The molecule has 3 aromatic rings. The number of aromatic nitrogens is 2. The van der Waals surface area contributed by atoms with Crippen LogP contribution in [-0.2, 0) is 17.1 Å². The zero-order valence-corrected chi connectivity index (χ0v) is 17.9. The number of nitrogens with zero attached hydrogens (tertiary/aromatic N) is 2. The predicted octanol–water partition coefficient (Wildman–Crippen LogP) is 3.42. The maximum atomic E-state index is 13.0. The van der Waals surface area contributed by atoms with E-state index in [9.17, 15) is 13.2 Å². The van der Waals surface area contributed by atoms with E-state index in [1.54, 1.807) is 50.0 Å². The number of methoxy groups -OCH3 is 1. The Morgan fingerprint density at radius 3 is 2.31 bits per heavy atom. The standard InChI is InChI=1S/C21H25N3O4S/c1-14(2)18-13-17(11-12-19(18)28-5)29(26,27)22-20-15(3)23(4)24(21(20)25)16-9-7-6-8-10-16/h6-14,22H,1-5H3. The molecule has 154 valence electrons. The molecule has 0 fully saturated rings. The topological polar surface area (TPSA) is 82.3 Å². The number of anilines is 1. The third-order valence-electron chi connectivity index (χ3n) is 4.92. The molecule has 7 nitrogen and oxygen atoms in total. The van der Waals surface area contributed by atoms with E-state index in [4.69, 9.17) is 4.74 Å². The van der Waals surface area contributed by atoms with Gasteiger partial charge in [0.1, 0.15) is 11.4 Å². The molecule has 2 aromatic carbocycles. The van der Waals surface area contributed by atoms with Gasteiger partial charge in [-0.05, 0) is 48.7 Å². The van der Waals surface area contributed by atoms with Gasteiger partial charge in [-0.2, -0.15) is 0 Å². The van der Waals surface area contributed by atoms with Crippen LogP contribution in [0, 0.1) is 6.92 Å². The van der Waals surface area contributed by atoms with Gasteiger partial charge in [0, 0.05) is 7.05 Å². The van der Waals surface area contributed by atoms with Crippen LogP contribution >= 0.6 is 0 Å². The number of hydrogen-bond donors (Lipinski definition) is 1. The molecule has 0 saturated carbocycles. The van der Waals surface area contributed by atoms with Gasteiger partial charge in [-0.3, -0.25) is 14.2 Å². The molecule has 1 N–H and O–H groups in total. The summed E-state index contributed by atoms with van der Waals surface area (Å²) in [6, 6.07) is 13.8. The average Bonchev–Trinajstić information content (AvgIpc) is 2.91. The molecule has 0 amide bonds. The molecule has 0 spiro atoms. The number of para-hydroxylation sites is 1. The Balaban J connectivity index is 2.07. The quantitative estimate of drug-likeness (QED) is 0.669. The van der Waals surface area contributed by atoms with Gasteiger partial charge >= 0.3 is 0 Å². The first-order chi connectivity index (χ1) is 13.7. The van der Waals surface area contributed by atoms with E-state index >= 15 is 0 Å². The minimum atomic E-state index is -3.96. The van der Waals surface area contributed by atoms with E-state index in [1.165, 1.54) is 10.7 Å². The van der Waals surface area contributed by atoms with E-state index in [0.29, 0.717) is 17.1 Å². The smallest absolute Gasteiger partial charge is 0.296 e. The average molecular weight is 416 g/mol. The van der Waals surface area contributed by atoms with Crippen molar-refractivity contribution in [3.8, 4) is 11.4 Å². The van der Waals surface area contributed by atoms with Gasteiger partial charge in [-0.15, -0.1) is 0 Å². The van der Waals surface area contributed by atoms with Crippen molar-refractivity contribution in [3.05, 3.63) is 70.1 Å². The van der Waals surface area contributed by atoms with Crippen LogP contribution in [-0.4, -0.2) is 24.9 Å². The molecule has 29 heavy (non-hydrogen) atoms. The maximum Gasteiger partial charge on any atom is 0.296 e. The normalized spacial score (nSPS) is 11.7. The second-order valence-corrected chi connectivity index (χ2v) is 8.78. The van der Waals surface area contributed by atoms with Gasteiger partial charge in [0.15, 0.2) is 0 Å². The zero-order chi connectivity index (χ0) is 21.3. The highest BCUT2D eigenvalue weighted by Gasteiger charge is 2.23. The molecular weight excluding hydrogens is 390 g/mol. The lowest BCUT2D eigenvalue weighted by atomic mass is 10.0. The molecule has 0 atom stereocenters. The van der Waals surface area contributed by atoms with Gasteiger partial charge in [0.25, 0.3) is 15.6 Å². The molecule has 3 rings (SSSR count). The van der Waals surface area contributed by atoms with Crippen molar-refractivity contribution in [2.24, 2.45) is 7.05 Å². The van der Waals surface area contributed by atoms with Crippen molar-refractivity contribution >= 4 is 15.7 Å². The molecular formula is C21H25N3O4S. The van der Waals surface area contributed by atoms with Crippen LogP contribution in [0.15, 0.2) is 58.2 Å². The first-order valence-electron chi connectivity index (χ1n) is 9.22. The number of benzene rings is 2. The summed E-state index contributed by atoms with van der Waals surface area (Å²) in [6.07, 6.45) is 0. The highest BCUT2D eigenvalue weighted by atomic mass is 32.2. The van der Waals surface area contributed by atoms with Crippen molar-refractivity contribution in [1.82, 2.24) is 9.36 Å². The van der Waals surface area contributed by atoms with Crippen LogP contribution in [0.3, 0.4) is 0 Å². The molecule has 0 aliphatic heterocycles. The van der Waals surface area contributed by atoms with Gasteiger partial charge < -0.3 is 4.74 Å². The number of rotatable bonds is 6. The summed E-state index contributed by atoms with van der Waals surface area (Å²) in [5, 5.41) is 0. The lowest BCUT2D eigenvalue weighted by Crippen LogP contribution is -2.23. The summed E-state index contributed by atoms with van der Waals surface area (Å²) < 4.78 is 36.9. The van der Waals surface area contributed by atoms with Crippen molar-refractivity contribution in [3.63, 3.8) is 0 Å². The zero-order valence-electron chi connectivity index (χ0n) is 17.1. The number of ether oxygens (including phenoxy) is 1. The lowest BCUT2D eigenvalue weighted by molar-refractivity contribution is 0.407. The van der Waals surface area contributed by atoms with Gasteiger partial charge in [0.05, 0.1) is 23.4 Å². The summed E-state index contributed by atoms with van der Waals surface area (Å²) in [5.74, 6) is 0.704. The summed E-state index contributed by atoms with van der Waals surface area (Å²) in [6.45, 7) is 5.62. The van der Waals surface area contributed by atoms with Crippen molar-refractivity contribution < 1.29 is 13.2 Å². The molecule has 0 aliphatic carbocycles. The summed E-state index contributed by atoms with van der Waals surface area (Å²) in [7, 11) is -0.694. The lowest BCUT2D eigenvalue weighted by Gasteiger charge is -2.14. The molecule has 0 saturated heterocycles. The first kappa shape index (κ1) is 20.7. The molecule has 0 radical (unpaired) electrons. The Morgan fingerprint density at radius 1 is 1.07 bits per heavy atom. The first-order valence-corrected chi connectivity index (χ1v) is 10.7. The van der Waals surface area contributed by atoms with Crippen molar-refractivity contribution in [2.45, 2.75) is 31.6 Å². The number of hydrogen-bond acceptors (Lipinski definition) is 4. The van der Waals surface area contributed by atoms with E-state index in [1.807, 2.05) is 32.0 Å². The van der Waals surface area contributed by atoms with Crippen LogP contribution in [0.25, 0.3) is 5.69 Å². The van der Waals surface area contributed by atoms with E-state index in [-0.39, 0.29) is 16.5 Å². The minimum absolute atomic E-state index is 0.0262. The highest BCUT2D eigenvalue weighted by Crippen LogP contribution is 2.29. The Hall–Kier alpha value is -3.00.